The van der Waals surface area contributed by atoms with Gasteiger partial charge in [-0.1, -0.05) is 25.5 Å². The zero-order valence-corrected chi connectivity index (χ0v) is 11.3. The Labute approximate surface area is 109 Å². The second-order valence-corrected chi connectivity index (χ2v) is 5.26. The summed E-state index contributed by atoms with van der Waals surface area (Å²) in [6.07, 6.45) is 1.65. The van der Waals surface area contributed by atoms with Crippen molar-refractivity contribution in [1.29, 1.82) is 0 Å². The Bertz CT molecular complexity index is 435. The average molecular weight is 300 g/mol. The summed E-state index contributed by atoms with van der Waals surface area (Å²) in [5.41, 5.74) is 0.829. The fourth-order valence-corrected chi connectivity index (χ4v) is 2.55. The minimum absolute atomic E-state index is 0.174. The van der Waals surface area contributed by atoms with Gasteiger partial charge in [0.2, 0.25) is 5.91 Å². The molecule has 0 saturated carbocycles. The van der Waals surface area contributed by atoms with E-state index in [0.29, 0.717) is 23.4 Å². The molecule has 1 aliphatic heterocycles. The van der Waals surface area contributed by atoms with Crippen LogP contribution in [0.2, 0.25) is 0 Å². The largest absolute Gasteiger partial charge is 0.338 e. The van der Waals surface area contributed by atoms with Gasteiger partial charge in [0.1, 0.15) is 5.82 Å². The summed E-state index contributed by atoms with van der Waals surface area (Å²) < 4.78 is 13.8. The minimum Gasteiger partial charge on any atom is -0.338 e. The Kier molecular flexibility index (Phi) is 3.82. The molecule has 17 heavy (non-hydrogen) atoms. The second-order valence-electron chi connectivity index (χ2n) is 4.47. The molecule has 0 spiro atoms. The average Bonchev–Trinajstić information content (AvgIpc) is 2.66. The molecule has 2 rings (SSSR count). The van der Waals surface area contributed by atoms with Crippen molar-refractivity contribution in [1.82, 2.24) is 4.90 Å². The fraction of sp³-hybridized carbons (Fsp3) is 0.462. The van der Waals surface area contributed by atoms with Gasteiger partial charge in [-0.05, 0) is 33.5 Å². The lowest BCUT2D eigenvalue weighted by Gasteiger charge is -2.17. The number of amides is 1. The molecule has 0 N–H and O–H groups in total. The Morgan fingerprint density at radius 3 is 2.94 bits per heavy atom. The quantitative estimate of drug-likeness (QED) is 0.838. The lowest BCUT2D eigenvalue weighted by atomic mass is 10.1. The van der Waals surface area contributed by atoms with Crippen LogP contribution in [0.3, 0.4) is 0 Å². The van der Waals surface area contributed by atoms with E-state index < -0.39 is 0 Å². The van der Waals surface area contributed by atoms with Crippen LogP contribution >= 0.6 is 15.9 Å². The van der Waals surface area contributed by atoms with E-state index in [9.17, 15) is 9.18 Å². The molecule has 0 bridgehead atoms. The molecule has 1 aliphatic rings. The van der Waals surface area contributed by atoms with Crippen LogP contribution in [0, 0.1) is 11.7 Å². The summed E-state index contributed by atoms with van der Waals surface area (Å²) in [5, 5.41) is 0. The van der Waals surface area contributed by atoms with Gasteiger partial charge in [0, 0.05) is 19.5 Å². The maximum absolute atomic E-state index is 13.3. The molecule has 1 aromatic carbocycles. The van der Waals surface area contributed by atoms with Crippen molar-refractivity contribution in [2.24, 2.45) is 5.92 Å². The molecule has 1 fully saturated rings. The number of carbonyl (C=O) groups is 1. The van der Waals surface area contributed by atoms with Crippen molar-refractivity contribution in [2.75, 3.05) is 6.54 Å². The highest BCUT2D eigenvalue weighted by Crippen LogP contribution is 2.26. The monoisotopic (exact) mass is 299 g/mol. The molecule has 0 aliphatic carbocycles. The predicted molar refractivity (Wildman–Crippen MR) is 67.9 cm³/mol. The number of carbonyl (C=O) groups excluding carboxylic acids is 1. The van der Waals surface area contributed by atoms with Crippen molar-refractivity contribution >= 4 is 21.8 Å². The number of benzene rings is 1. The fourth-order valence-electron chi connectivity index (χ4n) is 2.16. The van der Waals surface area contributed by atoms with Crippen LogP contribution in [-0.2, 0) is 11.3 Å². The Hall–Kier alpha value is -0.900. The van der Waals surface area contributed by atoms with Crippen LogP contribution in [0.25, 0.3) is 0 Å². The van der Waals surface area contributed by atoms with Crippen LogP contribution in [0.4, 0.5) is 4.39 Å². The summed E-state index contributed by atoms with van der Waals surface area (Å²) in [4.78, 5) is 13.6. The molecule has 1 aromatic rings. The van der Waals surface area contributed by atoms with E-state index in [1.54, 1.807) is 6.07 Å². The molecule has 0 aromatic heterocycles. The van der Waals surface area contributed by atoms with Crippen molar-refractivity contribution in [3.05, 3.63) is 34.1 Å². The SMILES string of the molecule is CCC1CC(=O)N(Cc2cccc(F)c2Br)C1. The van der Waals surface area contributed by atoms with Gasteiger partial charge in [-0.3, -0.25) is 4.79 Å². The smallest absolute Gasteiger partial charge is 0.223 e. The zero-order valence-electron chi connectivity index (χ0n) is 9.75. The van der Waals surface area contributed by atoms with Gasteiger partial charge in [-0.15, -0.1) is 0 Å². The molecule has 1 heterocycles. The number of likely N-dealkylation sites (tertiary alicyclic amines) is 1. The van der Waals surface area contributed by atoms with Gasteiger partial charge in [0.05, 0.1) is 4.47 Å². The normalized spacial score (nSPS) is 20.1. The lowest BCUT2D eigenvalue weighted by Crippen LogP contribution is -2.24. The Balaban J connectivity index is 2.11. The minimum atomic E-state index is -0.277. The molecule has 2 nitrogen and oxygen atoms in total. The molecule has 1 saturated heterocycles. The van der Waals surface area contributed by atoms with Crippen LogP contribution in [0.15, 0.2) is 22.7 Å². The number of nitrogens with zero attached hydrogens (tertiary/aromatic N) is 1. The van der Waals surface area contributed by atoms with Gasteiger partial charge >= 0.3 is 0 Å². The Morgan fingerprint density at radius 2 is 2.29 bits per heavy atom. The third kappa shape index (κ3) is 2.68. The molecule has 1 amide bonds. The van der Waals surface area contributed by atoms with Crippen LogP contribution in [0.1, 0.15) is 25.3 Å². The standard InChI is InChI=1S/C13H15BrFNO/c1-2-9-6-12(17)16(7-9)8-10-4-3-5-11(15)13(10)14/h3-5,9H,2,6-8H2,1H3. The summed E-state index contributed by atoms with van der Waals surface area (Å²) in [5.74, 6) is 0.351. The van der Waals surface area contributed by atoms with Gasteiger partial charge in [-0.25, -0.2) is 4.39 Å². The van der Waals surface area contributed by atoms with Crippen molar-refractivity contribution in [3.8, 4) is 0 Å². The van der Waals surface area contributed by atoms with Crippen LogP contribution in [-0.4, -0.2) is 17.4 Å². The van der Waals surface area contributed by atoms with Crippen molar-refractivity contribution in [2.45, 2.75) is 26.3 Å². The Morgan fingerprint density at radius 1 is 1.53 bits per heavy atom. The van der Waals surface area contributed by atoms with Gasteiger partial charge in [-0.2, -0.15) is 0 Å². The molecule has 1 atom stereocenters. The van der Waals surface area contributed by atoms with Crippen molar-refractivity contribution in [3.63, 3.8) is 0 Å². The maximum atomic E-state index is 13.3. The van der Waals surface area contributed by atoms with E-state index in [1.165, 1.54) is 6.07 Å². The summed E-state index contributed by atoms with van der Waals surface area (Å²) in [6.45, 7) is 3.38. The number of hydrogen-bond acceptors (Lipinski definition) is 1. The highest BCUT2D eigenvalue weighted by atomic mass is 79.9. The molecule has 1 unspecified atom stereocenters. The van der Waals surface area contributed by atoms with Crippen LogP contribution in [0.5, 0.6) is 0 Å². The number of halogens is 2. The summed E-state index contributed by atoms with van der Waals surface area (Å²) in [6, 6.07) is 4.93. The van der Waals surface area contributed by atoms with E-state index in [2.05, 4.69) is 22.9 Å². The topological polar surface area (TPSA) is 20.3 Å². The summed E-state index contributed by atoms with van der Waals surface area (Å²) >= 11 is 3.23. The molecule has 92 valence electrons. The third-order valence-electron chi connectivity index (χ3n) is 3.26. The molecular formula is C13H15BrFNO. The third-order valence-corrected chi connectivity index (χ3v) is 4.15. The van der Waals surface area contributed by atoms with E-state index in [1.807, 2.05) is 11.0 Å². The van der Waals surface area contributed by atoms with E-state index in [0.717, 1.165) is 18.5 Å². The molecule has 4 heteroatoms. The van der Waals surface area contributed by atoms with E-state index in [4.69, 9.17) is 0 Å². The van der Waals surface area contributed by atoms with Crippen LogP contribution < -0.4 is 0 Å². The zero-order chi connectivity index (χ0) is 12.4. The van der Waals surface area contributed by atoms with Gasteiger partial charge in [0.15, 0.2) is 0 Å². The highest BCUT2D eigenvalue weighted by molar-refractivity contribution is 9.10. The lowest BCUT2D eigenvalue weighted by molar-refractivity contribution is -0.128. The van der Waals surface area contributed by atoms with E-state index >= 15 is 0 Å². The number of rotatable bonds is 3. The molecule has 0 radical (unpaired) electrons. The first-order chi connectivity index (χ1) is 8.11. The first-order valence-electron chi connectivity index (χ1n) is 5.82. The first-order valence-corrected chi connectivity index (χ1v) is 6.61. The first kappa shape index (κ1) is 12.6. The van der Waals surface area contributed by atoms with Gasteiger partial charge < -0.3 is 4.90 Å². The van der Waals surface area contributed by atoms with E-state index in [-0.39, 0.29) is 11.7 Å². The summed E-state index contributed by atoms with van der Waals surface area (Å²) in [7, 11) is 0. The second kappa shape index (κ2) is 5.17. The number of hydrogen-bond donors (Lipinski definition) is 0. The van der Waals surface area contributed by atoms with Crippen molar-refractivity contribution < 1.29 is 9.18 Å². The predicted octanol–water partition coefficient (Wildman–Crippen LogP) is 3.35. The van der Waals surface area contributed by atoms with Gasteiger partial charge in [0.25, 0.3) is 0 Å². The highest BCUT2D eigenvalue weighted by Gasteiger charge is 2.28. The maximum Gasteiger partial charge on any atom is 0.223 e. The molecular weight excluding hydrogens is 285 g/mol.